The molecule has 0 bridgehead atoms. The van der Waals surface area contributed by atoms with Crippen LogP contribution in [0.15, 0.2) is 6.07 Å². The van der Waals surface area contributed by atoms with Crippen molar-refractivity contribution in [2.24, 2.45) is 5.73 Å². The molecule has 0 aliphatic heterocycles. The van der Waals surface area contributed by atoms with Crippen molar-refractivity contribution in [3.05, 3.63) is 17.3 Å². The molecule has 0 unspecified atom stereocenters. The van der Waals surface area contributed by atoms with Gasteiger partial charge in [0.05, 0.1) is 25.3 Å². The van der Waals surface area contributed by atoms with Crippen molar-refractivity contribution in [2.45, 2.75) is 19.3 Å². The Morgan fingerprint density at radius 2 is 2.17 bits per heavy atom. The Balaban J connectivity index is 3.23. The summed E-state index contributed by atoms with van der Waals surface area (Å²) in [7, 11) is 1.16. The van der Waals surface area contributed by atoms with E-state index in [0.717, 1.165) is 13.2 Å². The van der Waals surface area contributed by atoms with Gasteiger partial charge < -0.3 is 15.2 Å². The number of hydrogen-bond acceptors (Lipinski definition) is 5. The number of pyridine rings is 1. The molecule has 2 N–H and O–H groups in total. The zero-order chi connectivity index (χ0) is 13.8. The molecule has 0 spiro atoms. The normalized spacial score (nSPS) is 10.9. The second kappa shape index (κ2) is 5.55. The van der Waals surface area contributed by atoms with E-state index in [1.807, 2.05) is 6.07 Å². The predicted octanol–water partition coefficient (Wildman–Crippen LogP) is 1.51. The summed E-state index contributed by atoms with van der Waals surface area (Å²) >= 11 is 0. The highest BCUT2D eigenvalue weighted by Gasteiger charge is 2.33. The summed E-state index contributed by atoms with van der Waals surface area (Å²) < 4.78 is 45.0. The van der Waals surface area contributed by atoms with E-state index in [1.54, 1.807) is 0 Å². The molecule has 0 atom stereocenters. The van der Waals surface area contributed by atoms with Crippen LogP contribution in [0, 0.1) is 11.3 Å². The largest absolute Gasteiger partial charge is 0.573 e. The topological polar surface area (TPSA) is 81.2 Å². The molecule has 18 heavy (non-hydrogen) atoms. The first kappa shape index (κ1) is 14.1. The van der Waals surface area contributed by atoms with Gasteiger partial charge in [0.2, 0.25) is 0 Å². The van der Waals surface area contributed by atoms with Gasteiger partial charge in [0.15, 0.2) is 5.75 Å². The molecule has 0 fully saturated rings. The average Bonchev–Trinajstić information content (AvgIpc) is 2.28. The minimum absolute atomic E-state index is 0.0142. The number of halogens is 3. The molecule has 1 aromatic rings. The third-order valence-electron chi connectivity index (χ3n) is 2.01. The number of methoxy groups -OCH3 is 1. The predicted molar refractivity (Wildman–Crippen MR) is 54.7 cm³/mol. The fourth-order valence-corrected chi connectivity index (χ4v) is 1.31. The van der Waals surface area contributed by atoms with Crippen LogP contribution in [0.5, 0.6) is 11.6 Å². The number of nitrogens with zero attached hydrogens (tertiary/aromatic N) is 2. The Hall–Kier alpha value is -2.01. The van der Waals surface area contributed by atoms with Crippen LogP contribution in [-0.2, 0) is 13.0 Å². The number of alkyl halides is 3. The van der Waals surface area contributed by atoms with E-state index in [0.29, 0.717) is 5.69 Å². The van der Waals surface area contributed by atoms with Gasteiger partial charge in [0.1, 0.15) is 0 Å². The molecule has 0 aromatic carbocycles. The van der Waals surface area contributed by atoms with Crippen molar-refractivity contribution in [3.63, 3.8) is 0 Å². The van der Waals surface area contributed by atoms with Crippen molar-refractivity contribution in [2.75, 3.05) is 7.11 Å². The number of rotatable bonds is 4. The molecule has 1 aromatic heterocycles. The lowest BCUT2D eigenvalue weighted by Gasteiger charge is -2.14. The Morgan fingerprint density at radius 3 is 2.61 bits per heavy atom. The van der Waals surface area contributed by atoms with Gasteiger partial charge in [-0.2, -0.15) is 5.26 Å². The van der Waals surface area contributed by atoms with Crippen molar-refractivity contribution in [1.29, 1.82) is 5.26 Å². The van der Waals surface area contributed by atoms with Gasteiger partial charge in [-0.1, -0.05) is 0 Å². The van der Waals surface area contributed by atoms with Crippen molar-refractivity contribution in [1.82, 2.24) is 4.98 Å². The minimum atomic E-state index is -4.86. The van der Waals surface area contributed by atoms with E-state index >= 15 is 0 Å². The van der Waals surface area contributed by atoms with E-state index in [9.17, 15) is 13.2 Å². The average molecular weight is 261 g/mol. The molecule has 5 nitrogen and oxygen atoms in total. The fraction of sp³-hybridized carbons (Fsp3) is 0.400. The van der Waals surface area contributed by atoms with Gasteiger partial charge in [-0.3, -0.25) is 0 Å². The SMILES string of the molecule is COc1nc(CN)c(CC#N)cc1OC(F)(F)F. The number of nitrogens with two attached hydrogens (primary N) is 1. The molecule has 98 valence electrons. The molecule has 0 saturated carbocycles. The maximum absolute atomic E-state index is 12.2. The Bertz CT molecular complexity index is 469. The van der Waals surface area contributed by atoms with Crippen LogP contribution in [0.2, 0.25) is 0 Å². The molecule has 0 aliphatic rings. The Labute approximate surface area is 101 Å². The molecule has 0 radical (unpaired) electrons. The van der Waals surface area contributed by atoms with Crippen molar-refractivity contribution >= 4 is 0 Å². The quantitative estimate of drug-likeness (QED) is 0.888. The number of aromatic nitrogens is 1. The van der Waals surface area contributed by atoms with Crippen LogP contribution >= 0.6 is 0 Å². The van der Waals surface area contributed by atoms with E-state index < -0.39 is 12.1 Å². The number of hydrogen-bond donors (Lipinski definition) is 1. The minimum Gasteiger partial charge on any atom is -0.478 e. The summed E-state index contributed by atoms with van der Waals surface area (Å²) in [4.78, 5) is 3.79. The summed E-state index contributed by atoms with van der Waals surface area (Å²) in [5, 5.41) is 8.58. The van der Waals surface area contributed by atoms with Crippen LogP contribution in [0.4, 0.5) is 13.2 Å². The first-order valence-electron chi connectivity index (χ1n) is 4.80. The second-order valence-electron chi connectivity index (χ2n) is 3.19. The van der Waals surface area contributed by atoms with Crippen LogP contribution < -0.4 is 15.2 Å². The molecule has 0 amide bonds. The summed E-state index contributed by atoms with van der Waals surface area (Å²) in [6.07, 6.45) is -4.97. The molecule has 1 rings (SSSR count). The summed E-state index contributed by atoms with van der Waals surface area (Å²) in [6.45, 7) is -0.0142. The zero-order valence-electron chi connectivity index (χ0n) is 9.41. The fourth-order valence-electron chi connectivity index (χ4n) is 1.31. The van der Waals surface area contributed by atoms with Crippen molar-refractivity contribution in [3.8, 4) is 17.7 Å². The van der Waals surface area contributed by atoms with E-state index in [-0.39, 0.29) is 24.4 Å². The van der Waals surface area contributed by atoms with Gasteiger partial charge in [-0.05, 0) is 11.6 Å². The monoisotopic (exact) mass is 261 g/mol. The summed E-state index contributed by atoms with van der Waals surface area (Å²) in [5.74, 6) is -0.915. The molecule has 8 heteroatoms. The van der Waals surface area contributed by atoms with Gasteiger partial charge in [0.25, 0.3) is 5.88 Å². The molecule has 0 aliphatic carbocycles. The van der Waals surface area contributed by atoms with Gasteiger partial charge in [-0.25, -0.2) is 4.98 Å². The van der Waals surface area contributed by atoms with E-state index in [2.05, 4.69) is 9.72 Å². The van der Waals surface area contributed by atoms with Crippen LogP contribution in [0.1, 0.15) is 11.3 Å². The maximum atomic E-state index is 12.2. The maximum Gasteiger partial charge on any atom is 0.573 e. The third-order valence-corrected chi connectivity index (χ3v) is 2.01. The first-order valence-corrected chi connectivity index (χ1v) is 4.80. The highest BCUT2D eigenvalue weighted by atomic mass is 19.4. The van der Waals surface area contributed by atoms with Crippen LogP contribution in [-0.4, -0.2) is 18.5 Å². The van der Waals surface area contributed by atoms with E-state index in [1.165, 1.54) is 0 Å². The lowest BCUT2D eigenvalue weighted by Crippen LogP contribution is -2.19. The number of ether oxygens (including phenoxy) is 2. The van der Waals surface area contributed by atoms with Crippen molar-refractivity contribution < 1.29 is 22.6 Å². The lowest BCUT2D eigenvalue weighted by atomic mass is 10.1. The number of nitriles is 1. The highest BCUT2D eigenvalue weighted by Crippen LogP contribution is 2.32. The van der Waals surface area contributed by atoms with Crippen LogP contribution in [0.25, 0.3) is 0 Å². The standard InChI is InChI=1S/C10H10F3N3O2/c1-17-9-8(18-10(11,12)13)4-6(2-3-14)7(5-15)16-9/h4H,2,5,15H2,1H3. The first-order chi connectivity index (χ1) is 8.41. The summed E-state index contributed by atoms with van der Waals surface area (Å²) in [6, 6.07) is 2.87. The summed E-state index contributed by atoms with van der Waals surface area (Å²) in [5.41, 5.74) is 5.96. The van der Waals surface area contributed by atoms with Gasteiger partial charge in [0, 0.05) is 6.54 Å². The molecular formula is C10H10F3N3O2. The Morgan fingerprint density at radius 1 is 1.50 bits per heavy atom. The second-order valence-corrected chi connectivity index (χ2v) is 3.19. The highest BCUT2D eigenvalue weighted by molar-refractivity contribution is 5.41. The Kier molecular flexibility index (Phi) is 4.33. The van der Waals surface area contributed by atoms with Crippen LogP contribution in [0.3, 0.4) is 0 Å². The van der Waals surface area contributed by atoms with Gasteiger partial charge in [-0.15, -0.1) is 13.2 Å². The lowest BCUT2D eigenvalue weighted by molar-refractivity contribution is -0.275. The smallest absolute Gasteiger partial charge is 0.478 e. The van der Waals surface area contributed by atoms with Gasteiger partial charge >= 0.3 is 6.36 Å². The third kappa shape index (κ3) is 3.49. The van der Waals surface area contributed by atoms with E-state index in [4.69, 9.17) is 15.7 Å². The molecule has 1 heterocycles. The zero-order valence-corrected chi connectivity index (χ0v) is 9.41. The molecular weight excluding hydrogens is 251 g/mol. The molecule has 0 saturated heterocycles.